The average Bonchev–Trinajstić information content (AvgIpc) is 3.29. The van der Waals surface area contributed by atoms with E-state index in [0.717, 1.165) is 23.4 Å². The van der Waals surface area contributed by atoms with Crippen molar-refractivity contribution < 1.29 is 4.42 Å². The van der Waals surface area contributed by atoms with Crippen LogP contribution in [0.3, 0.4) is 0 Å². The van der Waals surface area contributed by atoms with Crippen molar-refractivity contribution in [2.45, 2.75) is 59.0 Å². The summed E-state index contributed by atoms with van der Waals surface area (Å²) in [5, 5.41) is 1.08. The van der Waals surface area contributed by atoms with Gasteiger partial charge in [-0.3, -0.25) is 4.90 Å². The van der Waals surface area contributed by atoms with Crippen LogP contribution < -0.4 is 5.63 Å². The third kappa shape index (κ3) is 3.35. The zero-order chi connectivity index (χ0) is 16.7. The van der Waals surface area contributed by atoms with E-state index in [2.05, 4.69) is 45.7 Å². The summed E-state index contributed by atoms with van der Waals surface area (Å²) >= 11 is 0. The second-order valence-electron chi connectivity index (χ2n) is 7.44. The van der Waals surface area contributed by atoms with Gasteiger partial charge in [0.25, 0.3) is 0 Å². The van der Waals surface area contributed by atoms with Gasteiger partial charge in [0.1, 0.15) is 5.58 Å². The van der Waals surface area contributed by atoms with Crippen LogP contribution in [0.2, 0.25) is 0 Å². The summed E-state index contributed by atoms with van der Waals surface area (Å²) in [5.41, 5.74) is 4.05. The first-order valence-electron chi connectivity index (χ1n) is 8.64. The van der Waals surface area contributed by atoms with Crippen LogP contribution in [0.4, 0.5) is 0 Å². The van der Waals surface area contributed by atoms with Crippen molar-refractivity contribution >= 4 is 11.0 Å². The molecule has 1 aromatic carbocycles. The lowest BCUT2D eigenvalue weighted by molar-refractivity contribution is 0.227. The highest BCUT2D eigenvalue weighted by Crippen LogP contribution is 2.35. The van der Waals surface area contributed by atoms with E-state index in [9.17, 15) is 4.79 Å². The van der Waals surface area contributed by atoms with E-state index < -0.39 is 0 Å². The van der Waals surface area contributed by atoms with E-state index in [1.54, 1.807) is 6.07 Å². The summed E-state index contributed by atoms with van der Waals surface area (Å²) in [6.45, 7) is 9.57. The number of benzene rings is 1. The van der Waals surface area contributed by atoms with E-state index in [0.29, 0.717) is 17.5 Å². The maximum absolute atomic E-state index is 11.9. The lowest BCUT2D eigenvalue weighted by atomic mass is 9.94. The standard InChI is InChI=1S/C20H27NO2/c1-12(2)17-10-18-16(11-21(5)14(4)15-6-7-15)9-20(22)23-19(18)8-13(17)3/h8-10,12,14-15H,6-7,11H2,1-5H3/t14-/m0/s1. The number of rotatable bonds is 5. The van der Waals surface area contributed by atoms with Crippen molar-refractivity contribution in [1.29, 1.82) is 0 Å². The third-order valence-electron chi connectivity index (χ3n) is 5.26. The predicted molar refractivity (Wildman–Crippen MR) is 95.0 cm³/mol. The van der Waals surface area contributed by atoms with Crippen molar-refractivity contribution in [3.05, 3.63) is 45.3 Å². The predicted octanol–water partition coefficient (Wildman–Crippen LogP) is 4.46. The van der Waals surface area contributed by atoms with Gasteiger partial charge in [-0.15, -0.1) is 0 Å². The first-order valence-corrected chi connectivity index (χ1v) is 8.64. The molecule has 0 spiro atoms. The molecule has 0 bridgehead atoms. The SMILES string of the molecule is Cc1cc2oc(=O)cc(CN(C)[C@@H](C)C3CC3)c2cc1C(C)C. The first-order chi connectivity index (χ1) is 10.9. The van der Waals surface area contributed by atoms with Crippen molar-refractivity contribution in [2.75, 3.05) is 7.05 Å². The molecule has 0 unspecified atom stereocenters. The molecule has 0 amide bonds. The molecule has 1 saturated carbocycles. The van der Waals surface area contributed by atoms with Crippen LogP contribution in [0.25, 0.3) is 11.0 Å². The molecule has 1 fully saturated rings. The van der Waals surface area contributed by atoms with E-state index in [1.165, 1.54) is 24.0 Å². The lowest BCUT2D eigenvalue weighted by Crippen LogP contribution is -2.30. The van der Waals surface area contributed by atoms with Crippen LogP contribution in [-0.4, -0.2) is 18.0 Å². The molecule has 0 radical (unpaired) electrons. The van der Waals surface area contributed by atoms with E-state index in [-0.39, 0.29) is 5.63 Å². The van der Waals surface area contributed by atoms with Crippen LogP contribution >= 0.6 is 0 Å². The molecule has 0 aliphatic heterocycles. The highest BCUT2D eigenvalue weighted by Gasteiger charge is 2.30. The maximum atomic E-state index is 11.9. The van der Waals surface area contributed by atoms with Crippen LogP contribution in [0.5, 0.6) is 0 Å². The summed E-state index contributed by atoms with van der Waals surface area (Å²) in [6, 6.07) is 6.45. The van der Waals surface area contributed by atoms with E-state index >= 15 is 0 Å². The summed E-state index contributed by atoms with van der Waals surface area (Å²) in [7, 11) is 2.15. The van der Waals surface area contributed by atoms with E-state index in [4.69, 9.17) is 4.42 Å². The fraction of sp³-hybridized carbons (Fsp3) is 0.550. The van der Waals surface area contributed by atoms with Gasteiger partial charge in [0, 0.05) is 24.0 Å². The van der Waals surface area contributed by atoms with Gasteiger partial charge in [-0.05, 0) is 74.4 Å². The van der Waals surface area contributed by atoms with Gasteiger partial charge in [0.05, 0.1) is 0 Å². The molecule has 1 heterocycles. The second kappa shape index (κ2) is 6.12. The Kier molecular flexibility index (Phi) is 4.33. The Morgan fingerprint density at radius 1 is 1.22 bits per heavy atom. The van der Waals surface area contributed by atoms with Crippen molar-refractivity contribution in [3.63, 3.8) is 0 Å². The largest absolute Gasteiger partial charge is 0.423 e. The maximum Gasteiger partial charge on any atom is 0.336 e. The van der Waals surface area contributed by atoms with Crippen LogP contribution in [0, 0.1) is 12.8 Å². The Balaban J connectivity index is 2.03. The summed E-state index contributed by atoms with van der Waals surface area (Å²) < 4.78 is 5.45. The Morgan fingerprint density at radius 3 is 2.52 bits per heavy atom. The van der Waals surface area contributed by atoms with Crippen molar-refractivity contribution in [1.82, 2.24) is 4.90 Å². The van der Waals surface area contributed by atoms with E-state index in [1.807, 2.05) is 6.07 Å². The Hall–Kier alpha value is -1.61. The molecule has 3 rings (SSSR count). The number of hydrogen-bond donors (Lipinski definition) is 0. The third-order valence-corrected chi connectivity index (χ3v) is 5.26. The first kappa shape index (κ1) is 16.3. The number of fused-ring (bicyclic) bond motifs is 1. The van der Waals surface area contributed by atoms with Gasteiger partial charge in [-0.1, -0.05) is 13.8 Å². The molecule has 3 nitrogen and oxygen atoms in total. The molecule has 23 heavy (non-hydrogen) atoms. The molecule has 2 aromatic rings. The summed E-state index contributed by atoms with van der Waals surface area (Å²) in [5.74, 6) is 1.28. The quantitative estimate of drug-likeness (QED) is 0.764. The number of aryl methyl sites for hydroxylation is 1. The van der Waals surface area contributed by atoms with Crippen molar-refractivity contribution in [3.8, 4) is 0 Å². The molecule has 1 aliphatic carbocycles. The van der Waals surface area contributed by atoms with Gasteiger partial charge in [0.2, 0.25) is 0 Å². The smallest absolute Gasteiger partial charge is 0.336 e. The normalized spacial score (nSPS) is 16.5. The highest BCUT2D eigenvalue weighted by molar-refractivity contribution is 5.82. The molecule has 0 saturated heterocycles. The van der Waals surface area contributed by atoms with Gasteiger partial charge in [0.15, 0.2) is 0 Å². The molecular formula is C20H27NO2. The van der Waals surface area contributed by atoms with Gasteiger partial charge < -0.3 is 4.42 Å². The van der Waals surface area contributed by atoms with Gasteiger partial charge in [-0.2, -0.15) is 0 Å². The molecule has 1 aromatic heterocycles. The minimum absolute atomic E-state index is 0.253. The molecular weight excluding hydrogens is 286 g/mol. The highest BCUT2D eigenvalue weighted by atomic mass is 16.4. The molecule has 1 aliphatic rings. The zero-order valence-electron chi connectivity index (χ0n) is 14.8. The molecule has 124 valence electrons. The Bertz CT molecular complexity index is 771. The van der Waals surface area contributed by atoms with Crippen molar-refractivity contribution in [2.24, 2.45) is 5.92 Å². The van der Waals surface area contributed by atoms with Gasteiger partial charge >= 0.3 is 5.63 Å². The summed E-state index contributed by atoms with van der Waals surface area (Å²) in [4.78, 5) is 14.3. The molecule has 0 N–H and O–H groups in total. The Morgan fingerprint density at radius 2 is 1.91 bits per heavy atom. The summed E-state index contributed by atoms with van der Waals surface area (Å²) in [6.07, 6.45) is 2.67. The topological polar surface area (TPSA) is 33.5 Å². The van der Waals surface area contributed by atoms with Gasteiger partial charge in [-0.25, -0.2) is 4.79 Å². The van der Waals surface area contributed by atoms with Crippen LogP contribution in [0.1, 0.15) is 56.2 Å². The van der Waals surface area contributed by atoms with Crippen LogP contribution in [-0.2, 0) is 6.54 Å². The Labute approximate surface area is 138 Å². The molecule has 3 heteroatoms. The molecule has 1 atom stereocenters. The fourth-order valence-electron chi connectivity index (χ4n) is 3.50. The minimum Gasteiger partial charge on any atom is -0.423 e. The monoisotopic (exact) mass is 313 g/mol. The van der Waals surface area contributed by atoms with Crippen LogP contribution in [0.15, 0.2) is 27.4 Å². The number of nitrogens with zero attached hydrogens (tertiary/aromatic N) is 1. The fourth-order valence-corrected chi connectivity index (χ4v) is 3.50. The zero-order valence-corrected chi connectivity index (χ0v) is 14.8. The minimum atomic E-state index is -0.253. The lowest BCUT2D eigenvalue weighted by Gasteiger charge is -2.25. The average molecular weight is 313 g/mol. The number of hydrogen-bond acceptors (Lipinski definition) is 3. The second-order valence-corrected chi connectivity index (χ2v) is 7.44.